The monoisotopic (exact) mass is 520 g/mol. The van der Waals surface area contributed by atoms with E-state index in [2.05, 4.69) is 118 Å². The zero-order valence-corrected chi connectivity index (χ0v) is 26.1. The number of rotatable bonds is 13. The van der Waals surface area contributed by atoms with Crippen LogP contribution in [0.1, 0.15) is 106 Å². The van der Waals surface area contributed by atoms with Crippen LogP contribution in [0.3, 0.4) is 0 Å². The molecule has 0 saturated heterocycles. The van der Waals surface area contributed by atoms with Crippen molar-refractivity contribution in [3.63, 3.8) is 0 Å². The topological polar surface area (TPSA) is 64.3 Å². The van der Waals surface area contributed by atoms with Crippen LogP contribution in [0.5, 0.6) is 0 Å². The summed E-state index contributed by atoms with van der Waals surface area (Å²) in [7, 11) is 0. The van der Waals surface area contributed by atoms with Gasteiger partial charge < -0.3 is 15.8 Å². The van der Waals surface area contributed by atoms with E-state index in [1.165, 1.54) is 11.1 Å². The van der Waals surface area contributed by atoms with Crippen molar-refractivity contribution in [1.82, 2.24) is 5.32 Å². The first-order valence-corrected chi connectivity index (χ1v) is 14.3. The lowest BCUT2D eigenvalue weighted by atomic mass is 9.43. The number of nitrogens with two attached hydrogens (primary N) is 1. The van der Waals surface area contributed by atoms with Gasteiger partial charge in [0.15, 0.2) is 0 Å². The van der Waals surface area contributed by atoms with Gasteiger partial charge in [0.2, 0.25) is 0 Å². The zero-order chi connectivity index (χ0) is 28.0. The summed E-state index contributed by atoms with van der Waals surface area (Å²) in [6.07, 6.45) is 1.80. The van der Waals surface area contributed by atoms with E-state index in [0.29, 0.717) is 13.2 Å². The molecular formula is C31H56N2O2S. The van der Waals surface area contributed by atoms with E-state index >= 15 is 0 Å². The highest BCUT2D eigenvalue weighted by Gasteiger charge is 2.62. The number of benzene rings is 1. The first-order chi connectivity index (χ1) is 16.4. The molecule has 0 heterocycles. The molecule has 0 amide bonds. The van der Waals surface area contributed by atoms with Crippen molar-refractivity contribution in [2.24, 2.45) is 32.8 Å². The molecule has 2 atom stereocenters. The first-order valence-electron chi connectivity index (χ1n) is 13.6. The summed E-state index contributed by atoms with van der Waals surface area (Å²) in [5.74, 6) is 0.887. The van der Waals surface area contributed by atoms with Crippen LogP contribution in [0.4, 0.5) is 0 Å². The van der Waals surface area contributed by atoms with Gasteiger partial charge in [0, 0.05) is 18.8 Å². The fourth-order valence-electron chi connectivity index (χ4n) is 5.57. The molecule has 5 heteroatoms. The van der Waals surface area contributed by atoms with Gasteiger partial charge in [-0.1, -0.05) is 93.5 Å². The molecule has 0 aliphatic carbocycles. The van der Waals surface area contributed by atoms with Crippen LogP contribution in [-0.2, 0) is 15.3 Å². The molecule has 0 aliphatic rings. The number of hydrogen-bond acceptors (Lipinski definition) is 5. The number of thiol groups is 1. The van der Waals surface area contributed by atoms with Gasteiger partial charge in [-0.15, -0.1) is 0 Å². The number of carbonyl (C=O) groups excluding carboxylic acids is 1. The van der Waals surface area contributed by atoms with Crippen molar-refractivity contribution in [2.45, 2.75) is 101 Å². The summed E-state index contributed by atoms with van der Waals surface area (Å²) in [6, 6.07) is 8.91. The van der Waals surface area contributed by atoms with E-state index in [1.807, 2.05) is 0 Å². The van der Waals surface area contributed by atoms with Crippen molar-refractivity contribution in [2.75, 3.05) is 26.2 Å². The Hall–Kier alpha value is -1.04. The first kappa shape index (κ1) is 33.0. The molecule has 0 spiro atoms. The van der Waals surface area contributed by atoms with E-state index in [1.54, 1.807) is 0 Å². The maximum absolute atomic E-state index is 14.0. The maximum atomic E-state index is 14.0. The Bertz CT molecular complexity index is 818. The molecule has 1 aromatic rings. The number of carbonyl (C=O) groups is 1. The van der Waals surface area contributed by atoms with Gasteiger partial charge >= 0.3 is 5.97 Å². The highest BCUT2D eigenvalue weighted by atomic mass is 32.1. The van der Waals surface area contributed by atoms with Crippen LogP contribution in [0.25, 0.3) is 0 Å². The molecule has 3 N–H and O–H groups in total. The Balaban J connectivity index is 3.46. The summed E-state index contributed by atoms with van der Waals surface area (Å²) < 4.78 is 5.99. The number of esters is 1. The Labute approximate surface area is 228 Å². The van der Waals surface area contributed by atoms with Crippen LogP contribution in [-0.4, -0.2) is 32.2 Å². The third-order valence-electron chi connectivity index (χ3n) is 9.07. The standard InChI is InChI=1S/C31H56N2O2S/c1-27(2,3)21-25(24-15-13-23(22-36)14-16-24)29(7,8)30(9,10)31(11,28(4,5)6)26(34)35-20-12-18-33-19-17-32/h13-16,25,33,36H,12,17-22,32H2,1-11H3. The van der Waals surface area contributed by atoms with Crippen molar-refractivity contribution in [3.8, 4) is 0 Å². The van der Waals surface area contributed by atoms with Crippen LogP contribution >= 0.6 is 12.6 Å². The highest BCUT2D eigenvalue weighted by Crippen LogP contribution is 2.64. The number of nitrogens with one attached hydrogen (secondary N) is 1. The zero-order valence-electron chi connectivity index (χ0n) is 25.2. The largest absolute Gasteiger partial charge is 0.465 e. The van der Waals surface area contributed by atoms with E-state index in [-0.39, 0.29) is 33.5 Å². The molecule has 0 fully saturated rings. The smallest absolute Gasteiger partial charge is 0.312 e. The molecule has 1 aromatic carbocycles. The molecule has 36 heavy (non-hydrogen) atoms. The van der Waals surface area contributed by atoms with E-state index in [9.17, 15) is 4.79 Å². The van der Waals surface area contributed by atoms with E-state index in [0.717, 1.165) is 31.7 Å². The van der Waals surface area contributed by atoms with Crippen molar-refractivity contribution < 1.29 is 9.53 Å². The predicted molar refractivity (Wildman–Crippen MR) is 159 cm³/mol. The fourth-order valence-corrected chi connectivity index (χ4v) is 5.78. The summed E-state index contributed by atoms with van der Waals surface area (Å²) in [5.41, 5.74) is 6.62. The number of ether oxygens (including phenoxy) is 1. The second kappa shape index (κ2) is 12.7. The van der Waals surface area contributed by atoms with Gasteiger partial charge in [-0.25, -0.2) is 0 Å². The maximum Gasteiger partial charge on any atom is 0.312 e. The van der Waals surface area contributed by atoms with Gasteiger partial charge in [-0.05, 0) is 65.0 Å². The second-order valence-corrected chi connectivity index (χ2v) is 14.3. The SMILES string of the molecule is CC(C)(C)CC(c1ccc(CS)cc1)C(C)(C)C(C)(C)C(C)(C(=O)OCCCNCCN)C(C)(C)C. The highest BCUT2D eigenvalue weighted by molar-refractivity contribution is 7.79. The summed E-state index contributed by atoms with van der Waals surface area (Å²) in [6.45, 7) is 27.4. The normalized spacial score (nSPS) is 15.9. The lowest BCUT2D eigenvalue weighted by Gasteiger charge is -2.60. The van der Waals surface area contributed by atoms with E-state index < -0.39 is 5.41 Å². The Kier molecular flexibility index (Phi) is 11.6. The molecule has 0 saturated carbocycles. The summed E-state index contributed by atoms with van der Waals surface area (Å²) >= 11 is 4.45. The third kappa shape index (κ3) is 7.51. The average Bonchev–Trinajstić information content (AvgIpc) is 2.77. The molecule has 208 valence electrons. The predicted octanol–water partition coefficient (Wildman–Crippen LogP) is 7.22. The van der Waals surface area contributed by atoms with Gasteiger partial charge in [-0.3, -0.25) is 4.79 Å². The number of hydrogen-bond donors (Lipinski definition) is 3. The van der Waals surface area contributed by atoms with Crippen molar-refractivity contribution >= 4 is 18.6 Å². The van der Waals surface area contributed by atoms with E-state index in [4.69, 9.17) is 10.5 Å². The molecule has 2 unspecified atom stereocenters. The fraction of sp³-hybridized carbons (Fsp3) is 0.774. The quantitative estimate of drug-likeness (QED) is 0.146. The lowest BCUT2D eigenvalue weighted by Crippen LogP contribution is -2.59. The van der Waals surface area contributed by atoms with Crippen LogP contribution < -0.4 is 11.1 Å². The Morgan fingerprint density at radius 1 is 0.944 bits per heavy atom. The molecule has 0 aromatic heterocycles. The minimum atomic E-state index is -0.713. The summed E-state index contributed by atoms with van der Waals surface area (Å²) in [5, 5.41) is 3.27. The van der Waals surface area contributed by atoms with Gasteiger partial charge in [0.1, 0.15) is 0 Å². The average molecular weight is 521 g/mol. The third-order valence-corrected chi connectivity index (χ3v) is 9.44. The van der Waals surface area contributed by atoms with Gasteiger partial charge in [-0.2, -0.15) is 12.6 Å². The Morgan fingerprint density at radius 2 is 1.50 bits per heavy atom. The van der Waals surface area contributed by atoms with Crippen molar-refractivity contribution in [1.29, 1.82) is 0 Å². The molecular weight excluding hydrogens is 464 g/mol. The van der Waals surface area contributed by atoms with Crippen molar-refractivity contribution in [3.05, 3.63) is 35.4 Å². The minimum absolute atomic E-state index is 0.105. The Morgan fingerprint density at radius 3 is 1.94 bits per heavy atom. The molecule has 4 nitrogen and oxygen atoms in total. The summed E-state index contributed by atoms with van der Waals surface area (Å²) in [4.78, 5) is 14.0. The van der Waals surface area contributed by atoms with Crippen LogP contribution in [0.15, 0.2) is 24.3 Å². The molecule has 0 bridgehead atoms. The molecule has 0 radical (unpaired) electrons. The molecule has 0 aliphatic heterocycles. The minimum Gasteiger partial charge on any atom is -0.465 e. The molecule has 1 rings (SSSR count). The van der Waals surface area contributed by atoms with Crippen LogP contribution in [0.2, 0.25) is 0 Å². The van der Waals surface area contributed by atoms with Crippen LogP contribution in [0, 0.1) is 27.1 Å². The lowest BCUT2D eigenvalue weighted by molar-refractivity contribution is -0.187. The van der Waals surface area contributed by atoms with Gasteiger partial charge in [0.25, 0.3) is 0 Å². The van der Waals surface area contributed by atoms with Gasteiger partial charge in [0.05, 0.1) is 12.0 Å². The second-order valence-electron chi connectivity index (χ2n) is 14.0.